The van der Waals surface area contributed by atoms with Crippen molar-refractivity contribution in [2.45, 2.75) is 39.7 Å². The number of imide groups is 1. The average molecular weight is 319 g/mol. The molecule has 6 heteroatoms. The summed E-state index contributed by atoms with van der Waals surface area (Å²) in [5.74, 6) is -3.04. The van der Waals surface area contributed by atoms with Gasteiger partial charge in [0.15, 0.2) is 0 Å². The molecular formula is C17H21NO5. The number of nitrogens with zero attached hydrogens (tertiary/aromatic N) is 1. The van der Waals surface area contributed by atoms with Crippen LogP contribution in [0.4, 0.5) is 0 Å². The normalized spacial score (nSPS) is 27.1. The molecule has 3 atom stereocenters. The third-order valence-corrected chi connectivity index (χ3v) is 4.36. The van der Waals surface area contributed by atoms with Gasteiger partial charge in [0.1, 0.15) is 17.2 Å². The lowest BCUT2D eigenvalue weighted by molar-refractivity contribution is -0.159. The first kappa shape index (κ1) is 17.1. The number of hydrogen-bond donors (Lipinski definition) is 0. The SMILES string of the molecule is CCCC(C(=O)OCC)N1C(=O)C2C=CC=CC2(C(C)=O)C1=O. The molecule has 3 unspecified atom stereocenters. The molecule has 1 heterocycles. The van der Waals surface area contributed by atoms with Gasteiger partial charge in [0.25, 0.3) is 0 Å². The summed E-state index contributed by atoms with van der Waals surface area (Å²) in [7, 11) is 0. The fourth-order valence-corrected chi connectivity index (χ4v) is 3.21. The van der Waals surface area contributed by atoms with Gasteiger partial charge < -0.3 is 4.74 Å². The van der Waals surface area contributed by atoms with E-state index in [1.54, 1.807) is 25.2 Å². The average Bonchev–Trinajstić information content (AvgIpc) is 2.75. The molecule has 1 fully saturated rings. The molecule has 0 aromatic rings. The highest BCUT2D eigenvalue weighted by Gasteiger charge is 2.62. The van der Waals surface area contributed by atoms with Crippen molar-refractivity contribution in [3.63, 3.8) is 0 Å². The Morgan fingerprint density at radius 1 is 1.30 bits per heavy atom. The standard InChI is InChI=1S/C17H21NO5/c1-4-8-13(15(21)23-5-2)18-14(20)12-9-6-7-10-17(12,11(3)19)16(18)22/h6-7,9-10,12-13H,4-5,8H2,1-3H3. The first-order chi connectivity index (χ1) is 10.9. The number of hydrogen-bond acceptors (Lipinski definition) is 5. The molecule has 0 N–H and O–H groups in total. The molecule has 23 heavy (non-hydrogen) atoms. The molecule has 0 saturated carbocycles. The molecule has 2 rings (SSSR count). The van der Waals surface area contributed by atoms with Gasteiger partial charge in [0.2, 0.25) is 11.8 Å². The molecule has 1 aliphatic heterocycles. The second-order valence-electron chi connectivity index (χ2n) is 5.72. The summed E-state index contributed by atoms with van der Waals surface area (Å²) in [6.07, 6.45) is 7.16. The van der Waals surface area contributed by atoms with E-state index in [1.807, 2.05) is 6.92 Å². The number of amides is 2. The predicted molar refractivity (Wildman–Crippen MR) is 82.1 cm³/mol. The highest BCUT2D eigenvalue weighted by atomic mass is 16.5. The van der Waals surface area contributed by atoms with Crippen molar-refractivity contribution >= 4 is 23.6 Å². The van der Waals surface area contributed by atoms with Crippen molar-refractivity contribution in [1.82, 2.24) is 4.90 Å². The van der Waals surface area contributed by atoms with Crippen molar-refractivity contribution in [3.8, 4) is 0 Å². The smallest absolute Gasteiger partial charge is 0.329 e. The number of ketones is 1. The highest BCUT2D eigenvalue weighted by Crippen LogP contribution is 2.44. The Labute approximate surface area is 135 Å². The number of rotatable bonds is 6. The molecule has 6 nitrogen and oxygen atoms in total. The molecular weight excluding hydrogens is 298 g/mol. The van der Waals surface area contributed by atoms with Crippen LogP contribution in [0.25, 0.3) is 0 Å². The van der Waals surface area contributed by atoms with E-state index in [0.717, 1.165) is 4.90 Å². The molecule has 1 saturated heterocycles. The van der Waals surface area contributed by atoms with Crippen molar-refractivity contribution in [1.29, 1.82) is 0 Å². The zero-order valence-electron chi connectivity index (χ0n) is 13.6. The Morgan fingerprint density at radius 2 is 2.00 bits per heavy atom. The second kappa shape index (κ2) is 6.48. The summed E-state index contributed by atoms with van der Waals surface area (Å²) in [6, 6.07) is -0.983. The lowest BCUT2D eigenvalue weighted by Crippen LogP contribution is -2.48. The van der Waals surface area contributed by atoms with Crippen molar-refractivity contribution < 1.29 is 23.9 Å². The van der Waals surface area contributed by atoms with E-state index >= 15 is 0 Å². The van der Waals surface area contributed by atoms with Crippen LogP contribution in [-0.4, -0.2) is 41.1 Å². The van der Waals surface area contributed by atoms with Gasteiger partial charge in [0, 0.05) is 0 Å². The van der Waals surface area contributed by atoms with Gasteiger partial charge in [-0.1, -0.05) is 37.6 Å². The summed E-state index contributed by atoms with van der Waals surface area (Å²) in [6.45, 7) is 4.97. The minimum Gasteiger partial charge on any atom is -0.464 e. The van der Waals surface area contributed by atoms with Crippen LogP contribution in [0.2, 0.25) is 0 Å². The van der Waals surface area contributed by atoms with Crippen LogP contribution < -0.4 is 0 Å². The van der Waals surface area contributed by atoms with E-state index in [1.165, 1.54) is 13.0 Å². The number of allylic oxidation sites excluding steroid dienone is 2. The molecule has 0 aromatic carbocycles. The largest absolute Gasteiger partial charge is 0.464 e. The summed E-state index contributed by atoms with van der Waals surface area (Å²) < 4.78 is 5.01. The number of Topliss-reactive ketones (excluding diaryl/α,β-unsaturated/α-hetero) is 1. The van der Waals surface area contributed by atoms with Gasteiger partial charge in [-0.3, -0.25) is 19.3 Å². The van der Waals surface area contributed by atoms with Crippen LogP contribution >= 0.6 is 0 Å². The van der Waals surface area contributed by atoms with E-state index in [-0.39, 0.29) is 6.61 Å². The van der Waals surface area contributed by atoms with Crippen molar-refractivity contribution in [2.75, 3.05) is 6.61 Å². The third-order valence-electron chi connectivity index (χ3n) is 4.36. The molecule has 0 bridgehead atoms. The number of carbonyl (C=O) groups is 4. The number of likely N-dealkylation sites (tertiary alicyclic amines) is 1. The lowest BCUT2D eigenvalue weighted by atomic mass is 9.72. The summed E-state index contributed by atoms with van der Waals surface area (Å²) >= 11 is 0. The number of carbonyl (C=O) groups excluding carboxylic acids is 4. The zero-order chi connectivity index (χ0) is 17.2. The van der Waals surface area contributed by atoms with Crippen LogP contribution in [0, 0.1) is 11.3 Å². The first-order valence-electron chi connectivity index (χ1n) is 7.83. The molecule has 2 amide bonds. The minimum absolute atomic E-state index is 0.163. The maximum atomic E-state index is 12.9. The minimum atomic E-state index is -1.52. The predicted octanol–water partition coefficient (Wildman–Crippen LogP) is 1.40. The van der Waals surface area contributed by atoms with Crippen LogP contribution in [-0.2, 0) is 23.9 Å². The molecule has 2 aliphatic rings. The van der Waals surface area contributed by atoms with E-state index in [0.29, 0.717) is 12.8 Å². The van der Waals surface area contributed by atoms with E-state index in [9.17, 15) is 19.2 Å². The second-order valence-corrected chi connectivity index (χ2v) is 5.72. The Hall–Kier alpha value is -2.24. The van der Waals surface area contributed by atoms with Crippen LogP contribution in [0.15, 0.2) is 24.3 Å². The first-order valence-corrected chi connectivity index (χ1v) is 7.83. The lowest BCUT2D eigenvalue weighted by Gasteiger charge is -2.27. The van der Waals surface area contributed by atoms with Gasteiger partial charge in [0.05, 0.1) is 12.5 Å². The Morgan fingerprint density at radius 3 is 2.52 bits per heavy atom. The molecule has 124 valence electrons. The Kier molecular flexibility index (Phi) is 4.82. The third kappa shape index (κ3) is 2.52. The van der Waals surface area contributed by atoms with E-state index < -0.39 is 40.9 Å². The summed E-state index contributed by atoms with van der Waals surface area (Å²) in [5.41, 5.74) is -1.52. The molecule has 0 aromatic heterocycles. The summed E-state index contributed by atoms with van der Waals surface area (Å²) in [5, 5.41) is 0. The monoisotopic (exact) mass is 319 g/mol. The van der Waals surface area contributed by atoms with Crippen LogP contribution in [0.3, 0.4) is 0 Å². The van der Waals surface area contributed by atoms with Crippen molar-refractivity contribution in [2.24, 2.45) is 11.3 Å². The Bertz CT molecular complexity index is 606. The highest BCUT2D eigenvalue weighted by molar-refractivity contribution is 6.21. The maximum absolute atomic E-state index is 12.9. The van der Waals surface area contributed by atoms with Gasteiger partial charge in [-0.05, 0) is 20.3 Å². The van der Waals surface area contributed by atoms with Gasteiger partial charge in [-0.2, -0.15) is 0 Å². The zero-order valence-corrected chi connectivity index (χ0v) is 13.6. The van der Waals surface area contributed by atoms with Gasteiger partial charge in [-0.15, -0.1) is 0 Å². The van der Waals surface area contributed by atoms with Gasteiger partial charge in [-0.25, -0.2) is 4.79 Å². The maximum Gasteiger partial charge on any atom is 0.329 e. The number of ether oxygens (including phenoxy) is 1. The summed E-state index contributed by atoms with van der Waals surface area (Å²) in [4.78, 5) is 51.0. The van der Waals surface area contributed by atoms with Gasteiger partial charge >= 0.3 is 5.97 Å². The van der Waals surface area contributed by atoms with E-state index in [2.05, 4.69) is 0 Å². The Balaban J connectivity index is 2.47. The molecule has 0 spiro atoms. The van der Waals surface area contributed by atoms with E-state index in [4.69, 9.17) is 4.74 Å². The molecule has 0 radical (unpaired) electrons. The number of fused-ring (bicyclic) bond motifs is 1. The quantitative estimate of drug-likeness (QED) is 0.420. The van der Waals surface area contributed by atoms with Crippen LogP contribution in [0.1, 0.15) is 33.6 Å². The fourth-order valence-electron chi connectivity index (χ4n) is 3.21. The fraction of sp³-hybridized carbons (Fsp3) is 0.529. The van der Waals surface area contributed by atoms with Crippen LogP contribution in [0.5, 0.6) is 0 Å². The van der Waals surface area contributed by atoms with Crippen molar-refractivity contribution in [3.05, 3.63) is 24.3 Å². The number of esters is 1. The topological polar surface area (TPSA) is 80.8 Å². The molecule has 1 aliphatic carbocycles.